The quantitative estimate of drug-likeness (QED) is 0.513. The van der Waals surface area contributed by atoms with Crippen molar-refractivity contribution in [3.8, 4) is 0 Å². The van der Waals surface area contributed by atoms with E-state index in [-0.39, 0.29) is 17.9 Å². The Bertz CT molecular complexity index is 1260. The number of aryl methyl sites for hydroxylation is 1. The number of hydrogen-bond acceptors (Lipinski definition) is 6. The van der Waals surface area contributed by atoms with Crippen LogP contribution in [0.4, 0.5) is 45.2 Å². The zero-order valence-corrected chi connectivity index (χ0v) is 19.2. The van der Waals surface area contributed by atoms with Gasteiger partial charge in [0.2, 0.25) is 11.9 Å². The van der Waals surface area contributed by atoms with Crippen molar-refractivity contribution in [1.82, 2.24) is 19.7 Å². The van der Waals surface area contributed by atoms with Gasteiger partial charge in [-0.3, -0.25) is 4.98 Å². The molecule has 1 unspecified atom stereocenters. The minimum Gasteiger partial charge on any atom is -0.371 e. The molecule has 4 heterocycles. The number of hydrogen-bond donors (Lipinski definition) is 1. The Kier molecular flexibility index (Phi) is 5.49. The van der Waals surface area contributed by atoms with Gasteiger partial charge in [-0.2, -0.15) is 18.2 Å². The first kappa shape index (κ1) is 23.0. The van der Waals surface area contributed by atoms with Gasteiger partial charge in [0.15, 0.2) is 11.6 Å². The number of nitrogens with zero attached hydrogens (tertiary/aromatic N) is 6. The Morgan fingerprint density at radius 1 is 0.917 bits per heavy atom. The Morgan fingerprint density at radius 2 is 1.69 bits per heavy atom. The Hall–Kier alpha value is -3.44. The molecule has 7 nitrogen and oxygen atoms in total. The van der Waals surface area contributed by atoms with Crippen LogP contribution in [0.5, 0.6) is 0 Å². The summed E-state index contributed by atoms with van der Waals surface area (Å²) in [6, 6.07) is 6.63. The first-order valence-corrected chi connectivity index (χ1v) is 12.0. The highest BCUT2D eigenvalue weighted by Gasteiger charge is 2.43. The number of pyridine rings is 1. The van der Waals surface area contributed by atoms with E-state index in [2.05, 4.69) is 20.4 Å². The Morgan fingerprint density at radius 3 is 2.42 bits per heavy atom. The molecule has 3 atom stereocenters. The molecule has 1 aliphatic carbocycles. The molecule has 6 rings (SSSR count). The van der Waals surface area contributed by atoms with Gasteiger partial charge >= 0.3 is 6.18 Å². The first-order valence-electron chi connectivity index (χ1n) is 12.0. The lowest BCUT2D eigenvalue weighted by Gasteiger charge is -2.39. The molecule has 1 saturated heterocycles. The van der Waals surface area contributed by atoms with E-state index < -0.39 is 23.5 Å². The lowest BCUT2D eigenvalue weighted by molar-refractivity contribution is -0.141. The van der Waals surface area contributed by atoms with Crippen molar-refractivity contribution in [1.29, 1.82) is 0 Å². The van der Waals surface area contributed by atoms with Gasteiger partial charge in [0, 0.05) is 55.9 Å². The number of fused-ring (bicyclic) bond motifs is 3. The summed E-state index contributed by atoms with van der Waals surface area (Å²) in [5.41, 5.74) is 0.161. The highest BCUT2D eigenvalue weighted by atomic mass is 19.4. The average Bonchev–Trinajstić information content (AvgIpc) is 3.36. The van der Waals surface area contributed by atoms with Crippen molar-refractivity contribution in [3.05, 3.63) is 53.9 Å². The molecule has 3 aliphatic rings. The summed E-state index contributed by atoms with van der Waals surface area (Å²) in [5.74, 6) is -0.317. The van der Waals surface area contributed by atoms with Crippen LogP contribution in [0.1, 0.15) is 25.0 Å². The number of piperidine rings is 1. The summed E-state index contributed by atoms with van der Waals surface area (Å²) < 4.78 is 68.4. The summed E-state index contributed by atoms with van der Waals surface area (Å²) in [4.78, 5) is 12.0. The van der Waals surface area contributed by atoms with Crippen LogP contribution in [0.25, 0.3) is 0 Å². The highest BCUT2D eigenvalue weighted by molar-refractivity contribution is 5.59. The maximum Gasteiger partial charge on any atom is 0.433 e. The second-order valence-electron chi connectivity index (χ2n) is 9.63. The highest BCUT2D eigenvalue weighted by Crippen LogP contribution is 2.41. The number of halogens is 5. The van der Waals surface area contributed by atoms with Gasteiger partial charge in [-0.15, -0.1) is 5.10 Å². The third-order valence-corrected chi connectivity index (χ3v) is 7.39. The van der Waals surface area contributed by atoms with E-state index in [9.17, 15) is 22.0 Å². The smallest absolute Gasteiger partial charge is 0.371 e. The van der Waals surface area contributed by atoms with E-state index in [0.29, 0.717) is 49.5 Å². The molecule has 2 fully saturated rings. The molecule has 2 aliphatic heterocycles. The molecule has 3 aromatic rings. The number of nitrogens with one attached hydrogen (secondary N) is 1. The second kappa shape index (κ2) is 8.59. The zero-order chi connectivity index (χ0) is 25.0. The number of benzene rings is 1. The van der Waals surface area contributed by atoms with Crippen molar-refractivity contribution < 1.29 is 22.0 Å². The van der Waals surface area contributed by atoms with Gasteiger partial charge in [-0.05, 0) is 55.4 Å². The molecule has 1 saturated carbocycles. The van der Waals surface area contributed by atoms with Crippen LogP contribution in [0.15, 0.2) is 36.5 Å². The summed E-state index contributed by atoms with van der Waals surface area (Å²) in [6.07, 6.45) is -0.559. The molecule has 2 aromatic heterocycles. The molecular weight excluding hydrogens is 481 g/mol. The molecule has 36 heavy (non-hydrogen) atoms. The van der Waals surface area contributed by atoms with E-state index in [1.54, 1.807) is 10.7 Å². The van der Waals surface area contributed by atoms with Crippen molar-refractivity contribution in [3.63, 3.8) is 0 Å². The first-order chi connectivity index (χ1) is 17.3. The predicted octanol–water partition coefficient (Wildman–Crippen LogP) is 4.84. The number of aromatic nitrogens is 4. The van der Waals surface area contributed by atoms with Crippen LogP contribution in [0.2, 0.25) is 0 Å². The van der Waals surface area contributed by atoms with Gasteiger partial charge in [-0.1, -0.05) is 0 Å². The third-order valence-electron chi connectivity index (χ3n) is 7.39. The molecular formula is C24H24F5N7. The van der Waals surface area contributed by atoms with Gasteiger partial charge in [0.1, 0.15) is 5.69 Å². The Labute approximate surface area is 203 Å². The molecule has 0 amide bonds. The van der Waals surface area contributed by atoms with Gasteiger partial charge in [-0.25, -0.2) is 13.5 Å². The summed E-state index contributed by atoms with van der Waals surface area (Å²) in [7, 11) is 0. The largest absolute Gasteiger partial charge is 0.433 e. The lowest BCUT2D eigenvalue weighted by atomic mass is 9.92. The molecule has 0 radical (unpaired) electrons. The number of alkyl halides is 3. The maximum absolute atomic E-state index is 13.8. The average molecular weight is 505 g/mol. The van der Waals surface area contributed by atoms with E-state index in [1.165, 1.54) is 12.3 Å². The van der Waals surface area contributed by atoms with Crippen molar-refractivity contribution in [2.45, 2.75) is 38.0 Å². The standard InChI is InChI=1S/C24H24F5N7/c25-18-5-4-17(10-19(18)26)35-8-1-9-36-23(35)32-22(33-36)31-21-14-2-3-15(21)13-34(12-14)16-6-7-30-20(11-16)24(27,28)29/h4-7,10-11,14-15,21H,1-3,8-9,12-13H2,(H,31,33)/t14-,15?,21-/m0/s1. The number of anilines is 4. The summed E-state index contributed by atoms with van der Waals surface area (Å²) in [5, 5.41) is 8.09. The van der Waals surface area contributed by atoms with Crippen LogP contribution in [0, 0.1) is 23.5 Å². The molecule has 1 N–H and O–H groups in total. The molecule has 12 heteroatoms. The van der Waals surface area contributed by atoms with Crippen molar-refractivity contribution in [2.24, 2.45) is 11.8 Å². The minimum atomic E-state index is -4.48. The van der Waals surface area contributed by atoms with Crippen molar-refractivity contribution in [2.75, 3.05) is 34.8 Å². The zero-order valence-electron chi connectivity index (χ0n) is 19.2. The van der Waals surface area contributed by atoms with E-state index >= 15 is 0 Å². The molecule has 2 bridgehead atoms. The second-order valence-corrected chi connectivity index (χ2v) is 9.63. The predicted molar refractivity (Wildman–Crippen MR) is 123 cm³/mol. The normalized spacial score (nSPS) is 23.6. The SMILES string of the molecule is Fc1ccc(N2CCCn3nc(N[C@@H]4C5CC[C@H]4CN(c4ccnc(C(F)(F)F)c4)C5)nc32)cc1F. The van der Waals surface area contributed by atoms with Crippen LogP contribution in [-0.2, 0) is 12.7 Å². The third kappa shape index (κ3) is 4.11. The summed E-state index contributed by atoms with van der Waals surface area (Å²) >= 11 is 0. The van der Waals surface area contributed by atoms with E-state index in [4.69, 9.17) is 0 Å². The monoisotopic (exact) mass is 505 g/mol. The fourth-order valence-electron chi connectivity index (χ4n) is 5.71. The van der Waals surface area contributed by atoms with Gasteiger partial charge < -0.3 is 15.1 Å². The minimum absolute atomic E-state index is 0.103. The molecule has 190 valence electrons. The van der Waals surface area contributed by atoms with Crippen LogP contribution >= 0.6 is 0 Å². The maximum atomic E-state index is 13.8. The van der Waals surface area contributed by atoms with Gasteiger partial charge in [0.05, 0.1) is 0 Å². The van der Waals surface area contributed by atoms with E-state index in [0.717, 1.165) is 37.5 Å². The van der Waals surface area contributed by atoms with Crippen LogP contribution in [-0.4, -0.2) is 45.4 Å². The van der Waals surface area contributed by atoms with Crippen LogP contribution < -0.4 is 15.1 Å². The lowest BCUT2D eigenvalue weighted by Crippen LogP contribution is -2.48. The van der Waals surface area contributed by atoms with Crippen LogP contribution in [0.3, 0.4) is 0 Å². The summed E-state index contributed by atoms with van der Waals surface area (Å²) in [6.45, 7) is 2.53. The van der Waals surface area contributed by atoms with Crippen molar-refractivity contribution >= 4 is 23.3 Å². The van der Waals surface area contributed by atoms with E-state index in [1.807, 2.05) is 9.80 Å². The Balaban J connectivity index is 1.19. The molecule has 0 spiro atoms. The number of rotatable bonds is 4. The topological polar surface area (TPSA) is 62.1 Å². The molecule has 1 aromatic carbocycles. The van der Waals surface area contributed by atoms with Gasteiger partial charge in [0.25, 0.3) is 0 Å². The fourth-order valence-corrected chi connectivity index (χ4v) is 5.71. The fraction of sp³-hybridized carbons (Fsp3) is 0.458.